The van der Waals surface area contributed by atoms with Crippen LogP contribution in [0.5, 0.6) is 0 Å². The fraction of sp³-hybridized carbons (Fsp3) is 0.0800. The largest absolute Gasteiger partial charge is 0.260 e. The minimum atomic E-state index is 0.709. The highest BCUT2D eigenvalue weighted by Gasteiger charge is 2.17. The van der Waals surface area contributed by atoms with Crippen LogP contribution < -0.4 is 0 Å². The van der Waals surface area contributed by atoms with E-state index in [-0.39, 0.29) is 0 Å². The molecule has 144 valence electrons. The first-order chi connectivity index (χ1) is 14.0. The van der Waals surface area contributed by atoms with Crippen LogP contribution in [-0.2, 0) is 6.54 Å². The van der Waals surface area contributed by atoms with Gasteiger partial charge in [0.25, 0.3) is 0 Å². The summed E-state index contributed by atoms with van der Waals surface area (Å²) >= 11 is 7.05. The molecule has 0 unspecified atom stereocenters. The number of nitrogens with zero attached hydrogens (tertiary/aromatic N) is 2. The van der Waals surface area contributed by atoms with E-state index < -0.39 is 0 Å². The Kier molecular flexibility index (Phi) is 5.84. The Balaban J connectivity index is 1.82. The molecule has 0 aliphatic heterocycles. The molecule has 4 aromatic rings. The predicted octanol–water partition coefficient (Wildman–Crippen LogP) is 7.74. The van der Waals surface area contributed by atoms with E-state index in [2.05, 4.69) is 123 Å². The number of aromatic nitrogens is 2. The maximum atomic E-state index is 5.02. The van der Waals surface area contributed by atoms with E-state index in [1.165, 1.54) is 11.1 Å². The topological polar surface area (TPSA) is 17.8 Å². The van der Waals surface area contributed by atoms with Gasteiger partial charge < -0.3 is 0 Å². The molecule has 1 heterocycles. The second kappa shape index (κ2) is 8.52. The Bertz CT molecular complexity index is 1140. The van der Waals surface area contributed by atoms with Crippen molar-refractivity contribution in [1.82, 2.24) is 9.78 Å². The van der Waals surface area contributed by atoms with E-state index in [4.69, 9.17) is 5.10 Å². The van der Waals surface area contributed by atoms with Crippen LogP contribution in [0.2, 0.25) is 0 Å². The van der Waals surface area contributed by atoms with Crippen molar-refractivity contribution >= 4 is 37.9 Å². The molecule has 0 amide bonds. The zero-order chi connectivity index (χ0) is 20.4. The van der Waals surface area contributed by atoms with Crippen LogP contribution in [0.3, 0.4) is 0 Å². The summed E-state index contributed by atoms with van der Waals surface area (Å²) in [6.45, 7) is 6.70. The van der Waals surface area contributed by atoms with E-state index >= 15 is 0 Å². The van der Waals surface area contributed by atoms with Gasteiger partial charge >= 0.3 is 0 Å². The summed E-state index contributed by atoms with van der Waals surface area (Å²) in [4.78, 5) is 0. The van der Waals surface area contributed by atoms with E-state index in [9.17, 15) is 0 Å². The Labute approximate surface area is 188 Å². The van der Waals surface area contributed by atoms with E-state index in [1.807, 2.05) is 6.08 Å². The van der Waals surface area contributed by atoms with Crippen LogP contribution in [0.25, 0.3) is 28.6 Å². The Morgan fingerprint density at radius 2 is 1.38 bits per heavy atom. The highest BCUT2D eigenvalue weighted by molar-refractivity contribution is 9.10. The molecule has 0 aliphatic carbocycles. The first-order valence-corrected chi connectivity index (χ1v) is 10.9. The summed E-state index contributed by atoms with van der Waals surface area (Å²) in [7, 11) is 0. The Hall–Kier alpha value is -2.43. The van der Waals surface area contributed by atoms with E-state index in [1.54, 1.807) is 0 Å². The van der Waals surface area contributed by atoms with Crippen LogP contribution in [0, 0.1) is 6.92 Å². The molecule has 2 nitrogen and oxygen atoms in total. The third-order valence-electron chi connectivity index (χ3n) is 4.97. The van der Waals surface area contributed by atoms with Gasteiger partial charge in [0.2, 0.25) is 0 Å². The SMILES string of the molecule is C=Cc1ccc(Cn2nc(-c3ccc(Br)cc3)c(C)c2-c2ccc(Br)cc2)cc1. The first-order valence-electron chi connectivity index (χ1n) is 9.36. The molecule has 0 fully saturated rings. The van der Waals surface area contributed by atoms with Crippen molar-refractivity contribution in [2.45, 2.75) is 13.5 Å². The van der Waals surface area contributed by atoms with Gasteiger partial charge in [0.15, 0.2) is 0 Å². The molecule has 4 heteroatoms. The summed E-state index contributed by atoms with van der Waals surface area (Å²) in [5, 5.41) is 5.02. The number of hydrogen-bond donors (Lipinski definition) is 0. The van der Waals surface area contributed by atoms with E-state index in [0.717, 1.165) is 37.0 Å². The van der Waals surface area contributed by atoms with Crippen molar-refractivity contribution < 1.29 is 0 Å². The average molecular weight is 508 g/mol. The van der Waals surface area contributed by atoms with Crippen LogP contribution in [-0.4, -0.2) is 9.78 Å². The molecule has 0 N–H and O–H groups in total. The number of benzene rings is 3. The average Bonchev–Trinajstić information content (AvgIpc) is 3.06. The van der Waals surface area contributed by atoms with Crippen LogP contribution in [0.1, 0.15) is 16.7 Å². The molecule has 1 aromatic heterocycles. The van der Waals surface area contributed by atoms with Crippen molar-refractivity contribution in [1.29, 1.82) is 0 Å². The summed E-state index contributed by atoms with van der Waals surface area (Å²) < 4.78 is 4.24. The molecule has 0 radical (unpaired) electrons. The van der Waals surface area contributed by atoms with Gasteiger partial charge in [0.05, 0.1) is 17.9 Å². The van der Waals surface area contributed by atoms with Crippen LogP contribution >= 0.6 is 31.9 Å². The highest BCUT2D eigenvalue weighted by atomic mass is 79.9. The van der Waals surface area contributed by atoms with Gasteiger partial charge in [-0.1, -0.05) is 93.0 Å². The molecule has 29 heavy (non-hydrogen) atoms. The molecule has 0 saturated carbocycles. The zero-order valence-corrected chi connectivity index (χ0v) is 19.2. The van der Waals surface area contributed by atoms with Crippen LogP contribution in [0.15, 0.2) is 88.3 Å². The molecule has 4 rings (SSSR count). The van der Waals surface area contributed by atoms with Gasteiger partial charge in [0.1, 0.15) is 0 Å². The lowest BCUT2D eigenvalue weighted by Gasteiger charge is -2.09. The second-order valence-electron chi connectivity index (χ2n) is 6.94. The Morgan fingerprint density at radius 3 is 1.93 bits per heavy atom. The number of hydrogen-bond acceptors (Lipinski definition) is 1. The van der Waals surface area contributed by atoms with E-state index in [0.29, 0.717) is 6.54 Å². The quantitative estimate of drug-likeness (QED) is 0.270. The minimum Gasteiger partial charge on any atom is -0.260 e. The molecule has 3 aromatic carbocycles. The van der Waals surface area contributed by atoms with Crippen molar-refractivity contribution in [2.75, 3.05) is 0 Å². The molecular weight excluding hydrogens is 488 g/mol. The standard InChI is InChI=1S/C25H20Br2N2/c1-3-18-4-6-19(7-5-18)16-29-25(21-10-14-23(27)15-11-21)17(2)24(28-29)20-8-12-22(26)13-9-20/h3-15H,1,16H2,2H3. The zero-order valence-electron chi connectivity index (χ0n) is 16.1. The van der Waals surface area contributed by atoms with Crippen molar-refractivity contribution in [3.05, 3.63) is 105 Å². The summed E-state index contributed by atoms with van der Waals surface area (Å²) in [5.41, 5.74) is 7.93. The fourth-order valence-corrected chi connectivity index (χ4v) is 3.98. The second-order valence-corrected chi connectivity index (χ2v) is 8.77. The smallest absolute Gasteiger partial charge is 0.0959 e. The number of halogens is 2. The fourth-order valence-electron chi connectivity index (χ4n) is 3.45. The predicted molar refractivity (Wildman–Crippen MR) is 129 cm³/mol. The Morgan fingerprint density at radius 1 is 0.828 bits per heavy atom. The van der Waals surface area contributed by atoms with Gasteiger partial charge in [-0.2, -0.15) is 5.10 Å². The monoisotopic (exact) mass is 506 g/mol. The summed E-state index contributed by atoms with van der Waals surface area (Å²) in [5.74, 6) is 0. The minimum absolute atomic E-state index is 0.709. The van der Waals surface area contributed by atoms with Crippen molar-refractivity contribution in [3.63, 3.8) is 0 Å². The van der Waals surface area contributed by atoms with Gasteiger partial charge in [-0.3, -0.25) is 4.68 Å². The van der Waals surface area contributed by atoms with Crippen LogP contribution in [0.4, 0.5) is 0 Å². The van der Waals surface area contributed by atoms with Gasteiger partial charge in [-0.05, 0) is 42.3 Å². The summed E-state index contributed by atoms with van der Waals surface area (Å²) in [6, 6.07) is 25.2. The maximum absolute atomic E-state index is 5.02. The number of rotatable bonds is 5. The summed E-state index contributed by atoms with van der Waals surface area (Å²) in [6.07, 6.45) is 1.86. The third-order valence-corrected chi connectivity index (χ3v) is 6.03. The van der Waals surface area contributed by atoms with Gasteiger partial charge in [-0.25, -0.2) is 0 Å². The molecule has 0 spiro atoms. The van der Waals surface area contributed by atoms with Crippen molar-refractivity contribution in [2.24, 2.45) is 0 Å². The lowest BCUT2D eigenvalue weighted by atomic mass is 10.0. The molecule has 0 bridgehead atoms. The lowest BCUT2D eigenvalue weighted by Crippen LogP contribution is -2.04. The van der Waals surface area contributed by atoms with Crippen molar-refractivity contribution in [3.8, 4) is 22.5 Å². The van der Waals surface area contributed by atoms with Gasteiger partial charge in [-0.15, -0.1) is 0 Å². The molecule has 0 saturated heterocycles. The normalized spacial score (nSPS) is 10.9. The highest BCUT2D eigenvalue weighted by Crippen LogP contribution is 2.33. The molecular formula is C25H20Br2N2. The van der Waals surface area contributed by atoms with Gasteiger partial charge in [0, 0.05) is 25.6 Å². The molecule has 0 aliphatic rings. The maximum Gasteiger partial charge on any atom is 0.0959 e. The lowest BCUT2D eigenvalue weighted by molar-refractivity contribution is 0.696. The third kappa shape index (κ3) is 4.29. The first kappa shape index (κ1) is 19.9. The molecule has 0 atom stereocenters.